The van der Waals surface area contributed by atoms with E-state index in [2.05, 4.69) is 37.3 Å². The van der Waals surface area contributed by atoms with Gasteiger partial charge in [0.2, 0.25) is 0 Å². The van der Waals surface area contributed by atoms with Crippen molar-refractivity contribution in [1.29, 1.82) is 0 Å². The van der Waals surface area contributed by atoms with Gasteiger partial charge in [0.05, 0.1) is 0 Å². The summed E-state index contributed by atoms with van der Waals surface area (Å²) in [6, 6.07) is 8.36. The van der Waals surface area contributed by atoms with Crippen LogP contribution in [-0.2, 0) is 0 Å². The van der Waals surface area contributed by atoms with Gasteiger partial charge in [0.15, 0.2) is 0 Å². The lowest BCUT2D eigenvalue weighted by molar-refractivity contribution is 1.40. The monoisotopic (exact) mass is 145 g/mol. The first-order chi connectivity index (χ1) is 5.24. The second-order valence-electron chi connectivity index (χ2n) is 2.69. The predicted molar refractivity (Wildman–Crippen MR) is 50.2 cm³/mol. The van der Waals surface area contributed by atoms with E-state index in [-0.39, 0.29) is 0 Å². The van der Waals surface area contributed by atoms with E-state index in [9.17, 15) is 0 Å². The van der Waals surface area contributed by atoms with Gasteiger partial charge in [-0.2, -0.15) is 0 Å². The topological polar surface area (TPSA) is 0 Å². The first-order valence-corrected chi connectivity index (χ1v) is 3.79. The molecule has 0 aliphatic heterocycles. The second-order valence-corrected chi connectivity index (χ2v) is 2.69. The van der Waals surface area contributed by atoms with E-state index in [1.807, 2.05) is 13.8 Å². The average molecular weight is 145 g/mol. The molecule has 1 radical (unpaired) electrons. The van der Waals surface area contributed by atoms with Crippen LogP contribution < -0.4 is 0 Å². The molecule has 0 bridgehead atoms. The SMILES string of the molecule is C=C(C)c1cccc([CH]C)c1. The number of benzene rings is 1. The van der Waals surface area contributed by atoms with Gasteiger partial charge in [-0.25, -0.2) is 0 Å². The highest BCUT2D eigenvalue weighted by atomic mass is 14.0. The zero-order chi connectivity index (χ0) is 8.27. The van der Waals surface area contributed by atoms with E-state index in [1.165, 1.54) is 11.1 Å². The second kappa shape index (κ2) is 3.38. The minimum Gasteiger partial charge on any atom is -0.0955 e. The molecule has 0 unspecified atom stereocenters. The summed E-state index contributed by atoms with van der Waals surface area (Å²) in [6.45, 7) is 7.95. The Morgan fingerprint density at radius 2 is 2.18 bits per heavy atom. The highest BCUT2D eigenvalue weighted by molar-refractivity contribution is 5.62. The Labute approximate surface area is 68.6 Å². The molecular weight excluding hydrogens is 132 g/mol. The summed E-state index contributed by atoms with van der Waals surface area (Å²) < 4.78 is 0. The van der Waals surface area contributed by atoms with Gasteiger partial charge < -0.3 is 0 Å². The van der Waals surface area contributed by atoms with Crippen molar-refractivity contribution in [2.75, 3.05) is 0 Å². The molecule has 0 fully saturated rings. The van der Waals surface area contributed by atoms with Crippen molar-refractivity contribution >= 4 is 5.57 Å². The van der Waals surface area contributed by atoms with Crippen LogP contribution in [0.2, 0.25) is 0 Å². The van der Waals surface area contributed by atoms with Crippen LogP contribution in [0.25, 0.3) is 5.57 Å². The minimum atomic E-state index is 1.12. The smallest absolute Gasteiger partial charge is 0.0124 e. The van der Waals surface area contributed by atoms with E-state index in [1.54, 1.807) is 0 Å². The molecular formula is C11H13. The van der Waals surface area contributed by atoms with Crippen LogP contribution in [0.5, 0.6) is 0 Å². The van der Waals surface area contributed by atoms with Gasteiger partial charge in [-0.15, -0.1) is 0 Å². The summed E-state index contributed by atoms with van der Waals surface area (Å²) in [6.07, 6.45) is 2.09. The van der Waals surface area contributed by atoms with E-state index in [4.69, 9.17) is 0 Å². The molecule has 0 heteroatoms. The molecule has 0 saturated heterocycles. The van der Waals surface area contributed by atoms with Gasteiger partial charge in [0, 0.05) is 0 Å². The molecule has 1 aromatic rings. The van der Waals surface area contributed by atoms with Crippen molar-refractivity contribution in [3.63, 3.8) is 0 Å². The van der Waals surface area contributed by atoms with E-state index in [0.29, 0.717) is 0 Å². The third-order valence-corrected chi connectivity index (χ3v) is 1.71. The highest BCUT2D eigenvalue weighted by Crippen LogP contribution is 2.13. The zero-order valence-corrected chi connectivity index (χ0v) is 7.09. The molecule has 1 aromatic carbocycles. The Morgan fingerprint density at radius 3 is 2.73 bits per heavy atom. The van der Waals surface area contributed by atoms with Crippen LogP contribution in [0.15, 0.2) is 30.8 Å². The van der Waals surface area contributed by atoms with Gasteiger partial charge >= 0.3 is 0 Å². The lowest BCUT2D eigenvalue weighted by atomic mass is 10.0. The minimum absolute atomic E-state index is 1.12. The Kier molecular flexibility index (Phi) is 2.48. The van der Waals surface area contributed by atoms with E-state index >= 15 is 0 Å². The van der Waals surface area contributed by atoms with Gasteiger partial charge in [0.25, 0.3) is 0 Å². The zero-order valence-electron chi connectivity index (χ0n) is 7.09. The molecule has 0 heterocycles. The number of hydrogen-bond acceptors (Lipinski definition) is 0. The molecule has 1 rings (SSSR count). The fraction of sp³-hybridized carbons (Fsp3) is 0.182. The maximum atomic E-state index is 3.89. The summed E-state index contributed by atoms with van der Waals surface area (Å²) in [7, 11) is 0. The van der Waals surface area contributed by atoms with Gasteiger partial charge in [-0.3, -0.25) is 0 Å². The summed E-state index contributed by atoms with van der Waals surface area (Å²) in [5.74, 6) is 0. The first-order valence-electron chi connectivity index (χ1n) is 3.79. The van der Waals surface area contributed by atoms with Crippen molar-refractivity contribution in [3.05, 3.63) is 48.4 Å². The molecule has 11 heavy (non-hydrogen) atoms. The standard InChI is InChI=1S/C11H13/c1-4-10-6-5-7-11(8-10)9(2)3/h4-8H,2H2,1,3H3. The molecule has 0 atom stereocenters. The van der Waals surface area contributed by atoms with Crippen molar-refractivity contribution in [2.24, 2.45) is 0 Å². The van der Waals surface area contributed by atoms with E-state index < -0.39 is 0 Å². The Hall–Kier alpha value is -1.04. The molecule has 0 saturated carbocycles. The van der Waals surface area contributed by atoms with Crippen molar-refractivity contribution in [1.82, 2.24) is 0 Å². The molecule has 0 aromatic heterocycles. The number of allylic oxidation sites excluding steroid dienone is 1. The molecule has 0 spiro atoms. The summed E-state index contributed by atoms with van der Waals surface area (Å²) in [5, 5.41) is 0. The normalized spacial score (nSPS) is 9.64. The third kappa shape index (κ3) is 1.94. The van der Waals surface area contributed by atoms with Gasteiger partial charge in [0.1, 0.15) is 0 Å². The molecule has 0 aliphatic carbocycles. The fourth-order valence-corrected chi connectivity index (χ4v) is 0.984. The maximum absolute atomic E-state index is 3.89. The maximum Gasteiger partial charge on any atom is -0.0124 e. The number of rotatable bonds is 2. The Balaban J connectivity index is 3.01. The molecule has 0 aliphatic rings. The van der Waals surface area contributed by atoms with E-state index in [0.717, 1.165) is 5.57 Å². The van der Waals surface area contributed by atoms with Crippen LogP contribution in [0, 0.1) is 6.42 Å². The van der Waals surface area contributed by atoms with Crippen LogP contribution >= 0.6 is 0 Å². The number of hydrogen-bond donors (Lipinski definition) is 0. The third-order valence-electron chi connectivity index (χ3n) is 1.71. The first kappa shape index (κ1) is 8.06. The lowest BCUT2D eigenvalue weighted by Gasteiger charge is -2.01. The van der Waals surface area contributed by atoms with Crippen molar-refractivity contribution < 1.29 is 0 Å². The quantitative estimate of drug-likeness (QED) is 0.599. The van der Waals surface area contributed by atoms with Crippen LogP contribution in [-0.4, -0.2) is 0 Å². The van der Waals surface area contributed by atoms with Crippen molar-refractivity contribution in [3.8, 4) is 0 Å². The summed E-state index contributed by atoms with van der Waals surface area (Å²) in [4.78, 5) is 0. The van der Waals surface area contributed by atoms with Crippen molar-refractivity contribution in [2.45, 2.75) is 13.8 Å². The summed E-state index contributed by atoms with van der Waals surface area (Å²) in [5.41, 5.74) is 3.60. The predicted octanol–water partition coefficient (Wildman–Crippen LogP) is 3.29. The average Bonchev–Trinajstić information content (AvgIpc) is 2.05. The largest absolute Gasteiger partial charge is 0.0955 e. The van der Waals surface area contributed by atoms with Crippen LogP contribution in [0.1, 0.15) is 25.0 Å². The molecule has 0 nitrogen and oxygen atoms in total. The lowest BCUT2D eigenvalue weighted by Crippen LogP contribution is -1.81. The van der Waals surface area contributed by atoms with Crippen LogP contribution in [0.3, 0.4) is 0 Å². The molecule has 57 valence electrons. The summed E-state index contributed by atoms with van der Waals surface area (Å²) >= 11 is 0. The highest BCUT2D eigenvalue weighted by Gasteiger charge is 1.93. The van der Waals surface area contributed by atoms with Gasteiger partial charge in [-0.1, -0.05) is 43.3 Å². The van der Waals surface area contributed by atoms with Crippen LogP contribution in [0.4, 0.5) is 0 Å². The Morgan fingerprint density at radius 1 is 1.45 bits per heavy atom. The fourth-order valence-electron chi connectivity index (χ4n) is 0.984. The van der Waals surface area contributed by atoms with Gasteiger partial charge in [-0.05, 0) is 24.5 Å². The molecule has 0 N–H and O–H groups in total. The Bertz CT molecular complexity index is 258. The molecule has 0 amide bonds.